The molecule has 1 aliphatic rings. The summed E-state index contributed by atoms with van der Waals surface area (Å²) < 4.78 is 10.9. The molecule has 1 saturated heterocycles. The zero-order valence-electron chi connectivity index (χ0n) is 13.9. The van der Waals surface area contributed by atoms with Crippen LogP contribution in [0.5, 0.6) is 5.75 Å². The lowest BCUT2D eigenvalue weighted by molar-refractivity contribution is -0.0219. The van der Waals surface area contributed by atoms with Gasteiger partial charge in [0.1, 0.15) is 11.6 Å². The fourth-order valence-corrected chi connectivity index (χ4v) is 2.67. The molecular weight excluding hydrogens is 308 g/mol. The van der Waals surface area contributed by atoms with Crippen LogP contribution in [0, 0.1) is 0 Å². The molecule has 128 valence electrons. The van der Waals surface area contributed by atoms with Gasteiger partial charge in [0.15, 0.2) is 0 Å². The van der Waals surface area contributed by atoms with E-state index in [4.69, 9.17) is 15.2 Å². The van der Waals surface area contributed by atoms with Crippen LogP contribution in [0.15, 0.2) is 24.3 Å². The van der Waals surface area contributed by atoms with Gasteiger partial charge < -0.3 is 20.5 Å². The number of methoxy groups -OCH3 is 1. The SMILES string of the molecule is COc1ccccc1Nc1nc(N)nc(CN2CCO[C@@H](C)C2)n1. The second-order valence-electron chi connectivity index (χ2n) is 5.68. The molecule has 1 aromatic carbocycles. The van der Waals surface area contributed by atoms with Gasteiger partial charge in [-0.25, -0.2) is 0 Å². The predicted molar refractivity (Wildman–Crippen MR) is 91.2 cm³/mol. The molecule has 0 aliphatic carbocycles. The predicted octanol–water partition coefficient (Wildman–Crippen LogP) is 1.43. The lowest BCUT2D eigenvalue weighted by Gasteiger charge is -2.30. The highest BCUT2D eigenvalue weighted by Crippen LogP contribution is 2.25. The average Bonchev–Trinajstić information content (AvgIpc) is 2.55. The van der Waals surface area contributed by atoms with E-state index in [1.54, 1.807) is 7.11 Å². The molecule has 0 amide bonds. The topological polar surface area (TPSA) is 98.4 Å². The number of nitrogens with zero attached hydrogens (tertiary/aromatic N) is 4. The number of nitrogen functional groups attached to an aromatic ring is 1. The minimum atomic E-state index is 0.193. The van der Waals surface area contributed by atoms with Crippen molar-refractivity contribution in [2.45, 2.75) is 19.6 Å². The highest BCUT2D eigenvalue weighted by Gasteiger charge is 2.18. The molecule has 3 rings (SSSR count). The molecule has 0 saturated carbocycles. The van der Waals surface area contributed by atoms with Gasteiger partial charge in [0.05, 0.1) is 32.1 Å². The molecule has 8 nitrogen and oxygen atoms in total. The fraction of sp³-hybridized carbons (Fsp3) is 0.438. The molecule has 0 unspecified atom stereocenters. The monoisotopic (exact) mass is 330 g/mol. The fourth-order valence-electron chi connectivity index (χ4n) is 2.67. The number of ether oxygens (including phenoxy) is 2. The van der Waals surface area contributed by atoms with Crippen molar-refractivity contribution in [1.29, 1.82) is 0 Å². The van der Waals surface area contributed by atoms with Crippen LogP contribution in [-0.2, 0) is 11.3 Å². The van der Waals surface area contributed by atoms with Gasteiger partial charge in [-0.05, 0) is 19.1 Å². The smallest absolute Gasteiger partial charge is 0.232 e. The molecule has 2 aromatic rings. The van der Waals surface area contributed by atoms with Crippen LogP contribution >= 0.6 is 0 Å². The van der Waals surface area contributed by atoms with E-state index in [1.165, 1.54) is 0 Å². The van der Waals surface area contributed by atoms with Crippen LogP contribution in [0.4, 0.5) is 17.6 Å². The normalized spacial score (nSPS) is 18.3. The van der Waals surface area contributed by atoms with Crippen molar-refractivity contribution >= 4 is 17.6 Å². The van der Waals surface area contributed by atoms with Crippen molar-refractivity contribution in [3.05, 3.63) is 30.1 Å². The number of rotatable bonds is 5. The molecule has 1 aromatic heterocycles. The Kier molecular flexibility index (Phi) is 5.07. The van der Waals surface area contributed by atoms with Crippen LogP contribution in [-0.4, -0.2) is 52.8 Å². The second kappa shape index (κ2) is 7.41. The first kappa shape index (κ1) is 16.4. The maximum atomic E-state index is 5.84. The van der Waals surface area contributed by atoms with Crippen molar-refractivity contribution in [3.8, 4) is 5.75 Å². The van der Waals surface area contributed by atoms with Crippen molar-refractivity contribution in [3.63, 3.8) is 0 Å². The molecule has 0 bridgehead atoms. The third-order valence-electron chi connectivity index (χ3n) is 3.74. The third-order valence-corrected chi connectivity index (χ3v) is 3.74. The zero-order valence-corrected chi connectivity index (χ0v) is 13.9. The van der Waals surface area contributed by atoms with E-state index < -0.39 is 0 Å². The largest absolute Gasteiger partial charge is 0.495 e. The number of nitrogens with one attached hydrogen (secondary N) is 1. The Morgan fingerprint density at radius 2 is 2.17 bits per heavy atom. The Morgan fingerprint density at radius 1 is 1.33 bits per heavy atom. The van der Waals surface area contributed by atoms with E-state index in [9.17, 15) is 0 Å². The van der Waals surface area contributed by atoms with Gasteiger partial charge in [0, 0.05) is 13.1 Å². The van der Waals surface area contributed by atoms with Gasteiger partial charge in [-0.2, -0.15) is 15.0 Å². The molecule has 3 N–H and O–H groups in total. The van der Waals surface area contributed by atoms with Crippen LogP contribution in [0.3, 0.4) is 0 Å². The van der Waals surface area contributed by atoms with E-state index in [1.807, 2.05) is 24.3 Å². The number of anilines is 3. The number of benzene rings is 1. The highest BCUT2D eigenvalue weighted by molar-refractivity contribution is 5.62. The van der Waals surface area contributed by atoms with Gasteiger partial charge in [0.2, 0.25) is 11.9 Å². The van der Waals surface area contributed by atoms with Gasteiger partial charge in [-0.3, -0.25) is 4.90 Å². The van der Waals surface area contributed by atoms with E-state index in [2.05, 4.69) is 32.1 Å². The van der Waals surface area contributed by atoms with Crippen molar-refractivity contribution in [2.75, 3.05) is 37.9 Å². The standard InChI is InChI=1S/C16H22N6O2/c1-11-9-22(7-8-24-11)10-14-19-15(17)21-16(20-14)18-12-5-3-4-6-13(12)23-2/h3-6,11H,7-10H2,1-2H3,(H3,17,18,19,20,21)/t11-/m0/s1. The summed E-state index contributed by atoms with van der Waals surface area (Å²) in [5.41, 5.74) is 6.61. The van der Waals surface area contributed by atoms with Gasteiger partial charge in [-0.1, -0.05) is 12.1 Å². The van der Waals surface area contributed by atoms with Crippen LogP contribution in [0.1, 0.15) is 12.7 Å². The Hall–Kier alpha value is -2.45. The summed E-state index contributed by atoms with van der Waals surface area (Å²) in [7, 11) is 1.62. The number of nitrogens with two attached hydrogens (primary N) is 1. The van der Waals surface area contributed by atoms with Crippen molar-refractivity contribution in [2.24, 2.45) is 0 Å². The molecule has 24 heavy (non-hydrogen) atoms. The van der Waals surface area contributed by atoms with Crippen LogP contribution in [0.2, 0.25) is 0 Å². The van der Waals surface area contributed by atoms with E-state index >= 15 is 0 Å². The highest BCUT2D eigenvalue weighted by atomic mass is 16.5. The number of para-hydroxylation sites is 2. The maximum absolute atomic E-state index is 5.84. The summed E-state index contributed by atoms with van der Waals surface area (Å²) in [6.07, 6.45) is 0.212. The lowest BCUT2D eigenvalue weighted by Crippen LogP contribution is -2.40. The zero-order chi connectivity index (χ0) is 16.9. The Bertz CT molecular complexity index is 696. The third kappa shape index (κ3) is 4.09. The van der Waals surface area contributed by atoms with Crippen molar-refractivity contribution in [1.82, 2.24) is 19.9 Å². The van der Waals surface area contributed by atoms with E-state index in [0.29, 0.717) is 30.7 Å². The minimum absolute atomic E-state index is 0.193. The first-order valence-electron chi connectivity index (χ1n) is 7.88. The summed E-state index contributed by atoms with van der Waals surface area (Å²) in [5, 5.41) is 3.14. The van der Waals surface area contributed by atoms with Gasteiger partial charge in [-0.15, -0.1) is 0 Å². The van der Waals surface area contributed by atoms with Crippen LogP contribution < -0.4 is 15.8 Å². The minimum Gasteiger partial charge on any atom is -0.495 e. The summed E-state index contributed by atoms with van der Waals surface area (Å²) >= 11 is 0. The summed E-state index contributed by atoms with van der Waals surface area (Å²) in [4.78, 5) is 15.1. The lowest BCUT2D eigenvalue weighted by atomic mass is 10.3. The quantitative estimate of drug-likeness (QED) is 0.849. The van der Waals surface area contributed by atoms with E-state index in [-0.39, 0.29) is 12.1 Å². The molecule has 1 aliphatic heterocycles. The number of hydrogen-bond donors (Lipinski definition) is 2. The Labute approximate surface area is 141 Å². The summed E-state index contributed by atoms with van der Waals surface area (Å²) in [5.74, 6) is 1.94. The molecule has 0 radical (unpaired) electrons. The Morgan fingerprint density at radius 3 is 2.96 bits per heavy atom. The first-order valence-corrected chi connectivity index (χ1v) is 7.88. The molecule has 2 heterocycles. The van der Waals surface area contributed by atoms with Crippen LogP contribution in [0.25, 0.3) is 0 Å². The maximum Gasteiger partial charge on any atom is 0.232 e. The Balaban J connectivity index is 1.76. The van der Waals surface area contributed by atoms with Gasteiger partial charge >= 0.3 is 0 Å². The second-order valence-corrected chi connectivity index (χ2v) is 5.68. The summed E-state index contributed by atoms with van der Waals surface area (Å²) in [6.45, 7) is 5.09. The molecular formula is C16H22N6O2. The number of hydrogen-bond acceptors (Lipinski definition) is 8. The molecule has 8 heteroatoms. The molecule has 1 atom stereocenters. The number of aromatic nitrogens is 3. The average molecular weight is 330 g/mol. The van der Waals surface area contributed by atoms with Crippen molar-refractivity contribution < 1.29 is 9.47 Å². The number of morpholine rings is 1. The molecule has 1 fully saturated rings. The first-order chi connectivity index (χ1) is 11.6. The van der Waals surface area contributed by atoms with Gasteiger partial charge in [0.25, 0.3) is 0 Å². The summed E-state index contributed by atoms with van der Waals surface area (Å²) in [6, 6.07) is 7.56. The van der Waals surface area contributed by atoms with E-state index in [0.717, 1.165) is 18.8 Å². The molecule has 0 spiro atoms.